The highest BCUT2D eigenvalue weighted by molar-refractivity contribution is 7.99. The van der Waals surface area contributed by atoms with Gasteiger partial charge in [0.1, 0.15) is 17.2 Å². The van der Waals surface area contributed by atoms with Gasteiger partial charge in [-0.3, -0.25) is 9.59 Å². The number of rotatable bonds is 5. The Kier molecular flexibility index (Phi) is 5.35. The summed E-state index contributed by atoms with van der Waals surface area (Å²) in [4.78, 5) is 31.9. The number of nitrogens with zero attached hydrogens (tertiary/aromatic N) is 1. The maximum atomic E-state index is 12.0. The molecule has 126 valence electrons. The Hall–Kier alpha value is -1.55. The number of hydrogen-bond acceptors (Lipinski definition) is 5. The van der Waals surface area contributed by atoms with Crippen LogP contribution in [0.1, 0.15) is 16.3 Å². The van der Waals surface area contributed by atoms with Crippen molar-refractivity contribution in [2.75, 3.05) is 12.3 Å². The van der Waals surface area contributed by atoms with Crippen molar-refractivity contribution in [3.63, 3.8) is 0 Å². The van der Waals surface area contributed by atoms with Crippen molar-refractivity contribution in [3.8, 4) is 0 Å². The average molecular weight is 365 g/mol. The topological polar surface area (TPSA) is 74.8 Å². The minimum Gasteiger partial charge on any atom is -0.346 e. The fourth-order valence-corrected chi connectivity index (χ4v) is 3.63. The van der Waals surface area contributed by atoms with E-state index < -0.39 is 18.6 Å². The molecule has 0 radical (unpaired) electrons. The first-order chi connectivity index (χ1) is 10.7. The van der Waals surface area contributed by atoms with Gasteiger partial charge in [-0.1, -0.05) is 0 Å². The third-order valence-corrected chi connectivity index (χ3v) is 5.09. The van der Waals surface area contributed by atoms with Gasteiger partial charge in [0.05, 0.1) is 16.9 Å². The first kappa shape index (κ1) is 17.8. The number of H-pyrrole nitrogens is 1. The molecule has 0 spiro atoms. The maximum absolute atomic E-state index is 12.0. The number of hydrogen-bond donors (Lipinski definition) is 2. The Bertz CT molecular complexity index is 783. The number of alkyl halides is 3. The number of aromatic nitrogens is 2. The molecule has 5 nitrogen and oxygen atoms in total. The minimum atomic E-state index is -4.42. The third-order valence-electron chi connectivity index (χ3n) is 3.05. The molecule has 0 saturated heterocycles. The van der Waals surface area contributed by atoms with E-state index in [9.17, 15) is 22.8 Å². The van der Waals surface area contributed by atoms with E-state index in [4.69, 9.17) is 0 Å². The molecule has 1 amide bonds. The standard InChI is InChI=1S/C13H14F3N3O2S2/c1-6-7(2)23-12-10(6)11(21)18-8(19-12)3-22-4-9(20)17-5-13(14,15)16/h3-5H2,1-2H3,(H,17,20)(H,18,19,21). The third kappa shape index (κ3) is 4.71. The smallest absolute Gasteiger partial charge is 0.346 e. The quantitative estimate of drug-likeness (QED) is 0.854. The highest BCUT2D eigenvalue weighted by atomic mass is 32.2. The van der Waals surface area contributed by atoms with E-state index >= 15 is 0 Å². The van der Waals surface area contributed by atoms with Gasteiger partial charge in [0.25, 0.3) is 5.56 Å². The summed E-state index contributed by atoms with van der Waals surface area (Å²) in [7, 11) is 0. The molecule has 0 aromatic carbocycles. The highest BCUT2D eigenvalue weighted by Gasteiger charge is 2.27. The van der Waals surface area contributed by atoms with E-state index in [1.165, 1.54) is 11.3 Å². The zero-order valence-electron chi connectivity index (χ0n) is 12.3. The summed E-state index contributed by atoms with van der Waals surface area (Å²) < 4.78 is 35.9. The fourth-order valence-electron chi connectivity index (χ4n) is 1.86. The van der Waals surface area contributed by atoms with Gasteiger partial charge in [-0.2, -0.15) is 13.2 Å². The monoisotopic (exact) mass is 365 g/mol. The molecule has 2 aromatic heterocycles. The number of fused-ring (bicyclic) bond motifs is 1. The zero-order chi connectivity index (χ0) is 17.2. The number of halogens is 3. The molecule has 10 heteroatoms. The molecule has 23 heavy (non-hydrogen) atoms. The van der Waals surface area contributed by atoms with E-state index in [0.29, 0.717) is 16.0 Å². The van der Waals surface area contributed by atoms with Crippen LogP contribution >= 0.6 is 23.1 Å². The molecule has 0 atom stereocenters. The molecule has 2 heterocycles. The van der Waals surface area contributed by atoms with Crippen LogP contribution in [-0.4, -0.2) is 34.3 Å². The van der Waals surface area contributed by atoms with Crippen LogP contribution in [0.2, 0.25) is 0 Å². The zero-order valence-corrected chi connectivity index (χ0v) is 14.0. The molecular formula is C13H14F3N3O2S2. The highest BCUT2D eigenvalue weighted by Crippen LogP contribution is 2.26. The van der Waals surface area contributed by atoms with Crippen LogP contribution < -0.4 is 10.9 Å². The summed E-state index contributed by atoms with van der Waals surface area (Å²) in [5, 5.41) is 2.35. The number of amides is 1. The van der Waals surface area contributed by atoms with Crippen molar-refractivity contribution in [3.05, 3.63) is 26.6 Å². The molecule has 0 bridgehead atoms. The van der Waals surface area contributed by atoms with Crippen LogP contribution in [0.5, 0.6) is 0 Å². The van der Waals surface area contributed by atoms with E-state index in [1.54, 1.807) is 5.32 Å². The Balaban J connectivity index is 1.95. The summed E-state index contributed by atoms with van der Waals surface area (Å²) in [5.74, 6) is -0.211. The number of carbonyl (C=O) groups excluding carboxylic acids is 1. The normalized spacial score (nSPS) is 11.9. The molecule has 0 aliphatic heterocycles. The number of carbonyl (C=O) groups is 1. The van der Waals surface area contributed by atoms with E-state index in [1.807, 2.05) is 13.8 Å². The lowest BCUT2D eigenvalue weighted by Gasteiger charge is -2.07. The first-order valence-corrected chi connectivity index (χ1v) is 8.54. The summed E-state index contributed by atoms with van der Waals surface area (Å²) in [6.45, 7) is 2.41. The van der Waals surface area contributed by atoms with Crippen LogP contribution in [-0.2, 0) is 10.5 Å². The van der Waals surface area contributed by atoms with Gasteiger partial charge in [0.2, 0.25) is 5.91 Å². The van der Waals surface area contributed by atoms with Crippen molar-refractivity contribution in [1.82, 2.24) is 15.3 Å². The second-order valence-electron chi connectivity index (χ2n) is 4.86. The molecule has 0 unspecified atom stereocenters. The van der Waals surface area contributed by atoms with Crippen molar-refractivity contribution >= 4 is 39.2 Å². The van der Waals surface area contributed by atoms with Crippen LogP contribution in [0.3, 0.4) is 0 Å². The van der Waals surface area contributed by atoms with Gasteiger partial charge in [-0.05, 0) is 19.4 Å². The Morgan fingerprint density at radius 2 is 2.09 bits per heavy atom. The minimum absolute atomic E-state index is 0.139. The average Bonchev–Trinajstić information content (AvgIpc) is 2.71. The van der Waals surface area contributed by atoms with E-state index in [-0.39, 0.29) is 17.1 Å². The number of thiophene rings is 1. The number of aryl methyl sites for hydroxylation is 2. The van der Waals surface area contributed by atoms with Gasteiger partial charge < -0.3 is 10.3 Å². The maximum Gasteiger partial charge on any atom is 0.405 e. The lowest BCUT2D eigenvalue weighted by atomic mass is 10.2. The molecule has 0 saturated carbocycles. The molecule has 0 fully saturated rings. The van der Waals surface area contributed by atoms with Crippen molar-refractivity contribution in [2.24, 2.45) is 0 Å². The Labute approximate surface area is 137 Å². The van der Waals surface area contributed by atoms with Gasteiger partial charge in [-0.25, -0.2) is 4.98 Å². The molecular weight excluding hydrogens is 351 g/mol. The molecule has 0 aliphatic carbocycles. The second kappa shape index (κ2) is 6.91. The number of nitrogens with one attached hydrogen (secondary N) is 2. The van der Waals surface area contributed by atoms with Crippen molar-refractivity contribution in [1.29, 1.82) is 0 Å². The second-order valence-corrected chi connectivity index (χ2v) is 7.05. The van der Waals surface area contributed by atoms with Gasteiger partial charge >= 0.3 is 6.18 Å². The fraction of sp³-hybridized carbons (Fsp3) is 0.462. The molecule has 2 rings (SSSR count). The van der Waals surface area contributed by atoms with Gasteiger partial charge in [0.15, 0.2) is 0 Å². The van der Waals surface area contributed by atoms with E-state index in [2.05, 4.69) is 9.97 Å². The lowest BCUT2D eigenvalue weighted by Crippen LogP contribution is -2.34. The summed E-state index contributed by atoms with van der Waals surface area (Å²) in [6.07, 6.45) is -4.42. The molecule has 2 aromatic rings. The largest absolute Gasteiger partial charge is 0.405 e. The lowest BCUT2D eigenvalue weighted by molar-refractivity contribution is -0.136. The van der Waals surface area contributed by atoms with Crippen LogP contribution in [0.25, 0.3) is 10.2 Å². The molecule has 2 N–H and O–H groups in total. The van der Waals surface area contributed by atoms with E-state index in [0.717, 1.165) is 22.2 Å². The van der Waals surface area contributed by atoms with Crippen LogP contribution in [0, 0.1) is 13.8 Å². The number of thioether (sulfide) groups is 1. The summed E-state index contributed by atoms with van der Waals surface area (Å²) in [6, 6.07) is 0. The van der Waals surface area contributed by atoms with Gasteiger partial charge in [0, 0.05) is 4.88 Å². The van der Waals surface area contributed by atoms with Crippen LogP contribution in [0.15, 0.2) is 4.79 Å². The summed E-state index contributed by atoms with van der Waals surface area (Å²) in [5.41, 5.74) is 0.651. The molecule has 0 aliphatic rings. The first-order valence-electron chi connectivity index (χ1n) is 6.57. The van der Waals surface area contributed by atoms with Crippen LogP contribution in [0.4, 0.5) is 13.2 Å². The number of aromatic amines is 1. The van der Waals surface area contributed by atoms with Crippen molar-refractivity contribution < 1.29 is 18.0 Å². The predicted molar refractivity (Wildman–Crippen MR) is 84.9 cm³/mol. The van der Waals surface area contributed by atoms with Crippen molar-refractivity contribution in [2.45, 2.75) is 25.8 Å². The Morgan fingerprint density at radius 3 is 2.74 bits per heavy atom. The Morgan fingerprint density at radius 1 is 1.39 bits per heavy atom. The van der Waals surface area contributed by atoms with Gasteiger partial charge in [-0.15, -0.1) is 23.1 Å². The summed E-state index contributed by atoms with van der Waals surface area (Å²) >= 11 is 2.50. The SMILES string of the molecule is Cc1sc2nc(CSCC(=O)NCC(F)(F)F)[nH]c(=O)c2c1C. The predicted octanol–water partition coefficient (Wildman–Crippen LogP) is 2.51.